The summed E-state index contributed by atoms with van der Waals surface area (Å²) in [5, 5.41) is 12.5. The predicted octanol–water partition coefficient (Wildman–Crippen LogP) is 3.66. The van der Waals surface area contributed by atoms with Crippen LogP contribution in [0, 0.1) is 25.2 Å². The van der Waals surface area contributed by atoms with Gasteiger partial charge in [-0.2, -0.15) is 5.26 Å². The number of nitrogens with one attached hydrogen (secondary N) is 1. The number of hydrogen-bond donors (Lipinski definition) is 1. The Morgan fingerprint density at radius 2 is 1.76 bits per heavy atom. The first-order valence-electron chi connectivity index (χ1n) is 7.05. The van der Waals surface area contributed by atoms with Gasteiger partial charge in [0.15, 0.2) is 0 Å². The van der Waals surface area contributed by atoms with Gasteiger partial charge in [-0.3, -0.25) is 0 Å². The minimum Gasteiger partial charge on any atom is -0.344 e. The molecular weight excluding hydrogens is 258 g/mol. The van der Waals surface area contributed by atoms with Crippen molar-refractivity contribution in [1.29, 1.82) is 5.26 Å². The highest BCUT2D eigenvalue weighted by Gasteiger charge is 2.11. The van der Waals surface area contributed by atoms with Gasteiger partial charge in [0.05, 0.1) is 11.3 Å². The van der Waals surface area contributed by atoms with Crippen molar-refractivity contribution in [3.05, 3.63) is 58.7 Å². The molecule has 0 unspecified atom stereocenters. The fourth-order valence-corrected chi connectivity index (χ4v) is 2.56. The number of nitriles is 1. The minimum absolute atomic E-state index is 0.699. The normalized spacial score (nSPS) is 10.2. The van der Waals surface area contributed by atoms with Crippen molar-refractivity contribution in [3.63, 3.8) is 0 Å². The Morgan fingerprint density at radius 3 is 2.33 bits per heavy atom. The average Bonchev–Trinajstić information content (AvgIpc) is 2.45. The van der Waals surface area contributed by atoms with Crippen LogP contribution in [-0.4, -0.2) is 14.1 Å². The third kappa shape index (κ3) is 3.42. The Balaban J connectivity index is 2.43. The summed E-state index contributed by atoms with van der Waals surface area (Å²) < 4.78 is 0. The average molecular weight is 279 g/mol. The fourth-order valence-electron chi connectivity index (χ4n) is 2.56. The molecule has 0 aliphatic heterocycles. The zero-order valence-electron chi connectivity index (χ0n) is 13.1. The molecule has 0 bridgehead atoms. The summed E-state index contributed by atoms with van der Waals surface area (Å²) in [6.45, 7) is 4.94. The van der Waals surface area contributed by atoms with Crippen LogP contribution >= 0.6 is 0 Å². The van der Waals surface area contributed by atoms with E-state index in [0.29, 0.717) is 5.56 Å². The maximum Gasteiger partial charge on any atom is 0.101 e. The molecule has 0 saturated heterocycles. The molecule has 2 rings (SSSR count). The summed E-state index contributed by atoms with van der Waals surface area (Å²) in [4.78, 5) is 2.07. The second kappa shape index (κ2) is 6.43. The van der Waals surface area contributed by atoms with Gasteiger partial charge >= 0.3 is 0 Å². The third-order valence-corrected chi connectivity index (χ3v) is 3.52. The Hall–Kier alpha value is -2.31. The largest absolute Gasteiger partial charge is 0.344 e. The summed E-state index contributed by atoms with van der Waals surface area (Å²) in [6, 6.07) is 14.8. The van der Waals surface area contributed by atoms with E-state index in [1.165, 1.54) is 11.1 Å². The van der Waals surface area contributed by atoms with Crippen LogP contribution in [-0.2, 0) is 6.54 Å². The van der Waals surface area contributed by atoms with E-state index in [1.807, 2.05) is 26.2 Å². The Labute approximate surface area is 126 Å². The van der Waals surface area contributed by atoms with E-state index in [-0.39, 0.29) is 0 Å². The summed E-state index contributed by atoms with van der Waals surface area (Å²) in [6.07, 6.45) is 0. The number of benzene rings is 2. The van der Waals surface area contributed by atoms with Crippen LogP contribution in [0.15, 0.2) is 36.4 Å². The molecule has 0 saturated carbocycles. The fraction of sp³-hybridized carbons (Fsp3) is 0.278. The van der Waals surface area contributed by atoms with Crippen molar-refractivity contribution >= 4 is 11.4 Å². The molecule has 0 atom stereocenters. The number of anilines is 2. The SMILES string of the molecule is CNCc1ccc(N(C)c2cc(C)cc(C)c2)c(C#N)c1. The standard InChI is InChI=1S/C18H21N3/c1-13-7-14(2)9-17(8-13)21(4)18-6-5-15(12-20-3)10-16(18)11-19/h5-10,20H,12H2,1-4H3. The van der Waals surface area contributed by atoms with Gasteiger partial charge in [-0.25, -0.2) is 0 Å². The van der Waals surface area contributed by atoms with Crippen molar-refractivity contribution in [2.24, 2.45) is 0 Å². The van der Waals surface area contributed by atoms with Crippen LogP contribution in [0.3, 0.4) is 0 Å². The molecule has 2 aromatic rings. The van der Waals surface area contributed by atoms with E-state index in [0.717, 1.165) is 23.5 Å². The van der Waals surface area contributed by atoms with Crippen LogP contribution in [0.2, 0.25) is 0 Å². The molecule has 1 N–H and O–H groups in total. The Bertz CT molecular complexity index is 663. The second-order valence-electron chi connectivity index (χ2n) is 5.40. The molecule has 0 heterocycles. The molecule has 0 aromatic heterocycles. The lowest BCUT2D eigenvalue weighted by Crippen LogP contribution is -2.12. The van der Waals surface area contributed by atoms with E-state index in [1.54, 1.807) is 0 Å². The van der Waals surface area contributed by atoms with Crippen molar-refractivity contribution in [1.82, 2.24) is 5.32 Å². The topological polar surface area (TPSA) is 39.1 Å². The Kier molecular flexibility index (Phi) is 4.62. The molecular formula is C18H21N3. The van der Waals surface area contributed by atoms with Crippen molar-refractivity contribution in [2.45, 2.75) is 20.4 Å². The van der Waals surface area contributed by atoms with Gasteiger partial charge in [-0.1, -0.05) is 12.1 Å². The number of hydrogen-bond acceptors (Lipinski definition) is 3. The second-order valence-corrected chi connectivity index (χ2v) is 5.40. The molecule has 0 aliphatic rings. The number of nitrogens with zero attached hydrogens (tertiary/aromatic N) is 2. The van der Waals surface area contributed by atoms with Gasteiger partial charge < -0.3 is 10.2 Å². The lowest BCUT2D eigenvalue weighted by atomic mass is 10.1. The van der Waals surface area contributed by atoms with Crippen LogP contribution in [0.1, 0.15) is 22.3 Å². The maximum atomic E-state index is 9.42. The first kappa shape index (κ1) is 15.1. The molecule has 0 fully saturated rings. The van der Waals surface area contributed by atoms with Crippen LogP contribution < -0.4 is 10.2 Å². The van der Waals surface area contributed by atoms with Crippen LogP contribution in [0.4, 0.5) is 11.4 Å². The molecule has 0 amide bonds. The molecule has 0 spiro atoms. The van der Waals surface area contributed by atoms with Gasteiger partial charge in [0.25, 0.3) is 0 Å². The van der Waals surface area contributed by atoms with Gasteiger partial charge in [-0.05, 0) is 61.9 Å². The molecule has 108 valence electrons. The first-order chi connectivity index (χ1) is 10.0. The summed E-state index contributed by atoms with van der Waals surface area (Å²) in [7, 11) is 3.91. The third-order valence-electron chi connectivity index (χ3n) is 3.52. The highest BCUT2D eigenvalue weighted by Crippen LogP contribution is 2.29. The quantitative estimate of drug-likeness (QED) is 0.928. The molecule has 3 nitrogen and oxygen atoms in total. The van der Waals surface area contributed by atoms with Gasteiger partial charge in [-0.15, -0.1) is 0 Å². The smallest absolute Gasteiger partial charge is 0.101 e. The van der Waals surface area contributed by atoms with E-state index >= 15 is 0 Å². The predicted molar refractivity (Wildman–Crippen MR) is 87.9 cm³/mol. The van der Waals surface area contributed by atoms with Gasteiger partial charge in [0.2, 0.25) is 0 Å². The first-order valence-corrected chi connectivity index (χ1v) is 7.05. The monoisotopic (exact) mass is 279 g/mol. The number of aryl methyl sites for hydroxylation is 2. The van der Waals surface area contributed by atoms with E-state index in [2.05, 4.69) is 54.4 Å². The lowest BCUT2D eigenvalue weighted by Gasteiger charge is -2.22. The van der Waals surface area contributed by atoms with E-state index < -0.39 is 0 Å². The van der Waals surface area contributed by atoms with Crippen LogP contribution in [0.5, 0.6) is 0 Å². The van der Waals surface area contributed by atoms with E-state index in [9.17, 15) is 5.26 Å². The lowest BCUT2D eigenvalue weighted by molar-refractivity contribution is 0.817. The van der Waals surface area contributed by atoms with Crippen molar-refractivity contribution < 1.29 is 0 Å². The molecule has 0 radical (unpaired) electrons. The highest BCUT2D eigenvalue weighted by molar-refractivity contribution is 5.70. The minimum atomic E-state index is 0.699. The molecule has 21 heavy (non-hydrogen) atoms. The van der Waals surface area contributed by atoms with Gasteiger partial charge in [0.1, 0.15) is 6.07 Å². The highest BCUT2D eigenvalue weighted by atomic mass is 15.1. The van der Waals surface area contributed by atoms with Crippen LogP contribution in [0.25, 0.3) is 0 Å². The maximum absolute atomic E-state index is 9.42. The van der Waals surface area contributed by atoms with Crippen molar-refractivity contribution in [2.75, 3.05) is 19.0 Å². The zero-order chi connectivity index (χ0) is 15.4. The summed E-state index contributed by atoms with van der Waals surface area (Å²) in [5.74, 6) is 0. The number of rotatable bonds is 4. The van der Waals surface area contributed by atoms with Crippen molar-refractivity contribution in [3.8, 4) is 6.07 Å². The van der Waals surface area contributed by atoms with Gasteiger partial charge in [0, 0.05) is 19.3 Å². The molecule has 3 heteroatoms. The summed E-state index contributed by atoms with van der Waals surface area (Å²) >= 11 is 0. The molecule has 0 aliphatic carbocycles. The molecule has 2 aromatic carbocycles. The van der Waals surface area contributed by atoms with E-state index in [4.69, 9.17) is 0 Å². The zero-order valence-corrected chi connectivity index (χ0v) is 13.1. The Morgan fingerprint density at radius 1 is 1.10 bits per heavy atom. The summed E-state index contributed by atoms with van der Waals surface area (Å²) in [5.41, 5.74) is 6.30.